The molecule has 4 nitrogen and oxygen atoms in total. The second-order valence-corrected chi connectivity index (χ2v) is 3.12. The molecule has 0 aromatic rings. The third-order valence-electron chi connectivity index (χ3n) is 2.34. The van der Waals surface area contributed by atoms with E-state index in [1.165, 1.54) is 6.92 Å². The van der Waals surface area contributed by atoms with Crippen LogP contribution in [0.15, 0.2) is 11.3 Å². The summed E-state index contributed by atoms with van der Waals surface area (Å²) < 4.78 is 0. The topological polar surface area (TPSA) is 70.1 Å². The number of carbonyl (C=O) groups excluding carboxylic acids is 1. The number of hydrogen-bond acceptors (Lipinski definition) is 3. The lowest BCUT2D eigenvalue weighted by Gasteiger charge is -2.22. The molecule has 0 bridgehead atoms. The maximum Gasteiger partial charge on any atom is 0.220 e. The highest BCUT2D eigenvalue weighted by Crippen LogP contribution is 2.22. The Hall–Kier alpha value is -1.50. The SMILES string of the molecule is CC[C@@H]1C(N)=C(C#N)CN1C(C)=O. The van der Waals surface area contributed by atoms with Gasteiger partial charge in [0.1, 0.15) is 0 Å². The number of amides is 1. The van der Waals surface area contributed by atoms with Gasteiger partial charge in [-0.15, -0.1) is 0 Å². The Bertz CT molecular complexity index is 300. The van der Waals surface area contributed by atoms with Gasteiger partial charge in [0.25, 0.3) is 0 Å². The molecule has 13 heavy (non-hydrogen) atoms. The molecular formula is C9H13N3O. The molecule has 1 aliphatic heterocycles. The van der Waals surface area contributed by atoms with Crippen molar-refractivity contribution in [2.24, 2.45) is 5.73 Å². The van der Waals surface area contributed by atoms with E-state index in [4.69, 9.17) is 11.0 Å². The zero-order valence-corrected chi connectivity index (χ0v) is 7.87. The first-order valence-electron chi connectivity index (χ1n) is 4.27. The molecule has 2 N–H and O–H groups in total. The third-order valence-corrected chi connectivity index (χ3v) is 2.34. The van der Waals surface area contributed by atoms with Crippen molar-refractivity contribution in [1.29, 1.82) is 5.26 Å². The molecule has 0 spiro atoms. The molecule has 1 aliphatic rings. The van der Waals surface area contributed by atoms with Crippen LogP contribution in [0.4, 0.5) is 0 Å². The van der Waals surface area contributed by atoms with Gasteiger partial charge in [-0.3, -0.25) is 4.79 Å². The largest absolute Gasteiger partial charge is 0.399 e. The van der Waals surface area contributed by atoms with E-state index < -0.39 is 0 Å². The molecule has 1 atom stereocenters. The molecule has 0 aliphatic carbocycles. The van der Waals surface area contributed by atoms with Crippen LogP contribution < -0.4 is 5.73 Å². The summed E-state index contributed by atoms with van der Waals surface area (Å²) >= 11 is 0. The van der Waals surface area contributed by atoms with Crippen molar-refractivity contribution in [2.45, 2.75) is 26.3 Å². The van der Waals surface area contributed by atoms with E-state index in [0.717, 1.165) is 6.42 Å². The highest BCUT2D eigenvalue weighted by Gasteiger charge is 2.31. The minimum Gasteiger partial charge on any atom is -0.399 e. The predicted octanol–water partition coefficient (Wildman–Crippen LogP) is 0.363. The van der Waals surface area contributed by atoms with E-state index in [1.807, 2.05) is 13.0 Å². The summed E-state index contributed by atoms with van der Waals surface area (Å²) in [6.45, 7) is 3.82. The van der Waals surface area contributed by atoms with Crippen LogP contribution in [0.5, 0.6) is 0 Å². The van der Waals surface area contributed by atoms with Crippen LogP contribution in [-0.2, 0) is 4.79 Å². The summed E-state index contributed by atoms with van der Waals surface area (Å²) in [5.74, 6) is -0.0277. The molecule has 0 unspecified atom stereocenters. The second-order valence-electron chi connectivity index (χ2n) is 3.12. The van der Waals surface area contributed by atoms with Crippen molar-refractivity contribution in [2.75, 3.05) is 6.54 Å². The van der Waals surface area contributed by atoms with Gasteiger partial charge in [0.2, 0.25) is 5.91 Å². The van der Waals surface area contributed by atoms with E-state index in [1.54, 1.807) is 4.90 Å². The zero-order valence-electron chi connectivity index (χ0n) is 7.87. The molecule has 70 valence electrons. The molecule has 1 rings (SSSR count). The van der Waals surface area contributed by atoms with Crippen LogP contribution in [0, 0.1) is 11.3 Å². The molecule has 0 saturated heterocycles. The van der Waals surface area contributed by atoms with Gasteiger partial charge in [0.15, 0.2) is 0 Å². The number of nitrogens with zero attached hydrogens (tertiary/aromatic N) is 2. The molecular weight excluding hydrogens is 166 g/mol. The smallest absolute Gasteiger partial charge is 0.220 e. The maximum atomic E-state index is 11.2. The maximum absolute atomic E-state index is 11.2. The highest BCUT2D eigenvalue weighted by molar-refractivity contribution is 5.75. The quantitative estimate of drug-likeness (QED) is 0.632. The van der Waals surface area contributed by atoms with Crippen molar-refractivity contribution < 1.29 is 4.79 Å². The summed E-state index contributed by atoms with van der Waals surface area (Å²) in [4.78, 5) is 12.8. The Kier molecular flexibility index (Phi) is 2.57. The average molecular weight is 179 g/mol. The Morgan fingerprint density at radius 1 is 1.85 bits per heavy atom. The monoisotopic (exact) mass is 179 g/mol. The Labute approximate surface area is 77.6 Å². The number of rotatable bonds is 1. The highest BCUT2D eigenvalue weighted by atomic mass is 16.2. The van der Waals surface area contributed by atoms with Crippen molar-refractivity contribution in [3.05, 3.63) is 11.3 Å². The fourth-order valence-electron chi connectivity index (χ4n) is 1.61. The van der Waals surface area contributed by atoms with E-state index in [2.05, 4.69) is 0 Å². The average Bonchev–Trinajstić information content (AvgIpc) is 2.42. The molecule has 0 fully saturated rings. The van der Waals surface area contributed by atoms with Gasteiger partial charge in [-0.1, -0.05) is 6.92 Å². The first kappa shape index (κ1) is 9.59. The van der Waals surface area contributed by atoms with Crippen molar-refractivity contribution in [1.82, 2.24) is 4.90 Å². The normalized spacial score (nSPS) is 21.9. The lowest BCUT2D eigenvalue weighted by Crippen LogP contribution is -2.36. The predicted molar refractivity (Wildman–Crippen MR) is 48.3 cm³/mol. The lowest BCUT2D eigenvalue weighted by molar-refractivity contribution is -0.129. The third kappa shape index (κ3) is 1.50. The minimum atomic E-state index is -0.0767. The van der Waals surface area contributed by atoms with E-state index in [9.17, 15) is 4.79 Å². The van der Waals surface area contributed by atoms with Crippen LogP contribution >= 0.6 is 0 Å². The number of nitriles is 1. The molecule has 1 amide bonds. The van der Waals surface area contributed by atoms with Gasteiger partial charge >= 0.3 is 0 Å². The van der Waals surface area contributed by atoms with Crippen molar-refractivity contribution in [3.8, 4) is 6.07 Å². The Morgan fingerprint density at radius 3 is 2.77 bits per heavy atom. The number of carbonyl (C=O) groups is 1. The second kappa shape index (κ2) is 3.48. The minimum absolute atomic E-state index is 0.0277. The molecule has 4 heteroatoms. The van der Waals surface area contributed by atoms with Crippen molar-refractivity contribution in [3.63, 3.8) is 0 Å². The first-order chi connectivity index (χ1) is 6.11. The molecule has 0 saturated carbocycles. The fourth-order valence-corrected chi connectivity index (χ4v) is 1.61. The lowest BCUT2D eigenvalue weighted by atomic mass is 10.1. The standard InChI is InChI=1S/C9H13N3O/c1-3-8-9(11)7(4-10)5-12(8)6(2)13/h8H,3,5,11H2,1-2H3/t8-/m1/s1. The van der Waals surface area contributed by atoms with Gasteiger partial charge in [-0.2, -0.15) is 5.26 Å². The summed E-state index contributed by atoms with van der Waals surface area (Å²) in [6.07, 6.45) is 0.761. The van der Waals surface area contributed by atoms with Crippen LogP contribution in [-0.4, -0.2) is 23.4 Å². The van der Waals surface area contributed by atoms with Crippen LogP contribution in [0.3, 0.4) is 0 Å². The van der Waals surface area contributed by atoms with E-state index in [0.29, 0.717) is 17.8 Å². The van der Waals surface area contributed by atoms with Crippen molar-refractivity contribution >= 4 is 5.91 Å². The van der Waals surface area contributed by atoms with Gasteiger partial charge in [0, 0.05) is 12.6 Å². The van der Waals surface area contributed by atoms with Gasteiger partial charge in [0.05, 0.1) is 24.2 Å². The Balaban J connectivity index is 2.92. The van der Waals surface area contributed by atoms with Gasteiger partial charge in [-0.05, 0) is 6.42 Å². The molecule has 1 heterocycles. The van der Waals surface area contributed by atoms with Gasteiger partial charge in [-0.25, -0.2) is 0 Å². The summed E-state index contributed by atoms with van der Waals surface area (Å²) in [7, 11) is 0. The van der Waals surface area contributed by atoms with E-state index in [-0.39, 0.29) is 11.9 Å². The van der Waals surface area contributed by atoms with Crippen LogP contribution in [0.25, 0.3) is 0 Å². The van der Waals surface area contributed by atoms with E-state index >= 15 is 0 Å². The zero-order chi connectivity index (χ0) is 10.0. The summed E-state index contributed by atoms with van der Waals surface area (Å²) in [5, 5.41) is 8.72. The van der Waals surface area contributed by atoms with Gasteiger partial charge < -0.3 is 10.6 Å². The summed E-state index contributed by atoms with van der Waals surface area (Å²) in [6, 6.07) is 1.95. The first-order valence-corrected chi connectivity index (χ1v) is 4.27. The molecule has 0 aromatic carbocycles. The fraction of sp³-hybridized carbons (Fsp3) is 0.556. The number of hydrogen-bond donors (Lipinski definition) is 1. The summed E-state index contributed by atoms with van der Waals surface area (Å²) in [5.41, 5.74) is 6.82. The molecule has 0 aromatic heterocycles. The number of nitrogens with two attached hydrogens (primary N) is 1. The Morgan fingerprint density at radius 2 is 2.46 bits per heavy atom. The molecule has 0 radical (unpaired) electrons. The van der Waals surface area contributed by atoms with Crippen LogP contribution in [0.1, 0.15) is 20.3 Å². The van der Waals surface area contributed by atoms with Crippen LogP contribution in [0.2, 0.25) is 0 Å².